The highest BCUT2D eigenvalue weighted by Crippen LogP contribution is 2.38. The van der Waals surface area contributed by atoms with Crippen LogP contribution in [0.5, 0.6) is 0 Å². The Morgan fingerprint density at radius 3 is 1.94 bits per heavy atom. The molecule has 0 aliphatic heterocycles. The smallest absolute Gasteiger partial charge is 0.323 e. The van der Waals surface area contributed by atoms with Gasteiger partial charge in [0.2, 0.25) is 7.44 Å². The van der Waals surface area contributed by atoms with Gasteiger partial charge >= 0.3 is 11.9 Å². The molecule has 13 nitrogen and oxygen atoms in total. The molecular weight excluding hydrogens is 633 g/mol. The predicted octanol–water partition coefficient (Wildman–Crippen LogP) is 3.55. The van der Waals surface area contributed by atoms with Gasteiger partial charge in [-0.05, 0) is 50.8 Å². The van der Waals surface area contributed by atoms with E-state index in [4.69, 9.17) is 9.47 Å². The molecule has 0 aliphatic rings. The van der Waals surface area contributed by atoms with E-state index in [-0.39, 0.29) is 43.3 Å². The number of esters is 2. The highest BCUT2D eigenvalue weighted by molar-refractivity contribution is 7.60. The number of carbonyl (C=O) groups is 2. The zero-order chi connectivity index (χ0) is 34.4. The van der Waals surface area contributed by atoms with Crippen molar-refractivity contribution in [3.05, 3.63) is 94.8 Å². The summed E-state index contributed by atoms with van der Waals surface area (Å²) in [6.07, 6.45) is 4.37. The average molecular weight is 680 g/mol. The molecule has 0 bridgehead atoms. The fourth-order valence-electron chi connectivity index (χ4n) is 5.46. The molecular formula is C34H46N7O6P. The number of nitrogens with zero attached hydrogens (tertiary/aromatic N) is 4. The molecule has 2 aromatic carbocycles. The summed E-state index contributed by atoms with van der Waals surface area (Å²) in [4.78, 5) is 51.9. The van der Waals surface area contributed by atoms with Crippen LogP contribution in [-0.4, -0.2) is 87.5 Å². The van der Waals surface area contributed by atoms with Crippen LogP contribution in [0.1, 0.15) is 38.3 Å². The van der Waals surface area contributed by atoms with Gasteiger partial charge in [-0.2, -0.15) is 0 Å². The summed E-state index contributed by atoms with van der Waals surface area (Å²) in [6, 6.07) is 17.0. The largest absolute Gasteiger partial charge is 0.465 e. The van der Waals surface area contributed by atoms with Gasteiger partial charge in [-0.1, -0.05) is 67.6 Å². The van der Waals surface area contributed by atoms with Crippen LogP contribution in [0.2, 0.25) is 0 Å². The summed E-state index contributed by atoms with van der Waals surface area (Å²) in [5, 5.41) is 6.29. The SMILES string of the molecule is CCCN(CCn1cnc2c(=O)[nH]cnc21)CCP(=O)(N[C@@H](Cc1ccccc1)C(=O)OCC)N[C@@H](Cc1ccccc1)C(=O)OCC. The molecule has 3 N–H and O–H groups in total. The summed E-state index contributed by atoms with van der Waals surface area (Å²) < 4.78 is 27.7. The van der Waals surface area contributed by atoms with Gasteiger partial charge < -0.3 is 23.9 Å². The summed E-state index contributed by atoms with van der Waals surface area (Å²) in [6.45, 7) is 7.98. The monoisotopic (exact) mass is 679 g/mol. The van der Waals surface area contributed by atoms with Crippen molar-refractivity contribution >= 4 is 30.5 Å². The third-order valence-electron chi connectivity index (χ3n) is 7.77. The van der Waals surface area contributed by atoms with Gasteiger partial charge in [-0.25, -0.2) is 20.1 Å². The van der Waals surface area contributed by atoms with Gasteiger partial charge in [0.25, 0.3) is 5.56 Å². The third kappa shape index (κ3) is 10.7. The number of ether oxygens (including phenoxy) is 2. The van der Waals surface area contributed by atoms with Gasteiger partial charge in [0, 0.05) is 25.8 Å². The number of carbonyl (C=O) groups excluding carboxylic acids is 2. The molecule has 0 amide bonds. The molecule has 0 saturated heterocycles. The Morgan fingerprint density at radius 1 is 0.854 bits per heavy atom. The number of rotatable bonds is 20. The number of aromatic amines is 1. The first kappa shape index (κ1) is 36.7. The van der Waals surface area contributed by atoms with Crippen LogP contribution in [0.25, 0.3) is 11.2 Å². The molecule has 4 rings (SSSR count). The number of aromatic nitrogens is 4. The molecule has 0 spiro atoms. The quantitative estimate of drug-likeness (QED) is 0.0926. The van der Waals surface area contributed by atoms with Gasteiger partial charge in [0.15, 0.2) is 11.2 Å². The van der Waals surface area contributed by atoms with E-state index in [0.717, 1.165) is 17.5 Å². The van der Waals surface area contributed by atoms with Gasteiger partial charge in [-0.3, -0.25) is 18.9 Å². The van der Waals surface area contributed by atoms with E-state index in [1.165, 1.54) is 6.33 Å². The molecule has 0 fully saturated rings. The number of hydrogen-bond acceptors (Lipinski definition) is 9. The van der Waals surface area contributed by atoms with E-state index in [1.807, 2.05) is 65.2 Å². The molecule has 0 radical (unpaired) electrons. The second-order valence-corrected chi connectivity index (χ2v) is 13.8. The number of benzene rings is 2. The Kier molecular flexibility index (Phi) is 14.1. The maximum Gasteiger partial charge on any atom is 0.323 e. The van der Waals surface area contributed by atoms with Crippen LogP contribution < -0.4 is 15.7 Å². The van der Waals surface area contributed by atoms with Crippen molar-refractivity contribution in [1.29, 1.82) is 0 Å². The van der Waals surface area contributed by atoms with Gasteiger partial charge in [0.05, 0.1) is 25.9 Å². The van der Waals surface area contributed by atoms with Crippen molar-refractivity contribution in [2.24, 2.45) is 0 Å². The normalized spacial score (nSPS) is 13.0. The summed E-state index contributed by atoms with van der Waals surface area (Å²) in [5.74, 6) is -1.06. The van der Waals surface area contributed by atoms with Crippen LogP contribution >= 0.6 is 7.44 Å². The lowest BCUT2D eigenvalue weighted by atomic mass is 10.1. The Hall–Kier alpha value is -4.16. The molecule has 0 aliphatic carbocycles. The van der Waals surface area contributed by atoms with Crippen molar-refractivity contribution < 1.29 is 23.6 Å². The number of fused-ring (bicyclic) bond motifs is 1. The van der Waals surface area contributed by atoms with Gasteiger partial charge in [-0.15, -0.1) is 0 Å². The van der Waals surface area contributed by atoms with E-state index < -0.39 is 31.5 Å². The number of nitrogens with one attached hydrogen (secondary N) is 3. The van der Waals surface area contributed by atoms with Crippen LogP contribution in [0.4, 0.5) is 0 Å². The second-order valence-electron chi connectivity index (χ2n) is 11.4. The maximum atomic E-state index is 15.1. The highest BCUT2D eigenvalue weighted by atomic mass is 31.2. The molecule has 0 unspecified atom stereocenters. The Balaban J connectivity index is 1.60. The third-order valence-corrected chi connectivity index (χ3v) is 10.1. The predicted molar refractivity (Wildman–Crippen MR) is 185 cm³/mol. The molecule has 2 atom stereocenters. The van der Waals surface area contributed by atoms with Gasteiger partial charge in [0.1, 0.15) is 12.1 Å². The minimum Gasteiger partial charge on any atom is -0.465 e. The van der Waals surface area contributed by atoms with Crippen LogP contribution in [0, 0.1) is 0 Å². The first-order valence-corrected chi connectivity index (χ1v) is 18.3. The van der Waals surface area contributed by atoms with E-state index in [0.29, 0.717) is 31.8 Å². The molecule has 2 aromatic heterocycles. The van der Waals surface area contributed by atoms with Crippen molar-refractivity contribution in [2.45, 2.75) is 58.7 Å². The fourth-order valence-corrected chi connectivity index (χ4v) is 7.75. The van der Waals surface area contributed by atoms with Crippen LogP contribution in [0.15, 0.2) is 78.1 Å². The zero-order valence-electron chi connectivity index (χ0n) is 27.8. The average Bonchev–Trinajstić information content (AvgIpc) is 3.51. The van der Waals surface area contributed by atoms with Crippen molar-refractivity contribution in [3.8, 4) is 0 Å². The van der Waals surface area contributed by atoms with Crippen LogP contribution in [-0.2, 0) is 43.0 Å². The standard InChI is InChI=1S/C34H46N7O6P/c1-4-17-40(18-19-41-25-37-30-31(41)35-24-36-32(30)42)20-21-48(45,38-28(33(43)46-5-2)22-26-13-9-7-10-14-26)39-29(34(44)47-6-3)23-27-15-11-8-12-16-27/h7-16,24-25,28-29H,4-6,17-23H2,1-3H3,(H,35,36,42)(H2,38,39,45)/t28-,29-/m0/s1. The topological polar surface area (TPSA) is 161 Å². The first-order valence-electron chi connectivity index (χ1n) is 16.4. The number of imidazole rings is 1. The minimum atomic E-state index is -3.69. The lowest BCUT2D eigenvalue weighted by molar-refractivity contribution is -0.145. The molecule has 4 aromatic rings. The second kappa shape index (κ2) is 18.4. The summed E-state index contributed by atoms with van der Waals surface area (Å²) in [7, 11) is -3.69. The van der Waals surface area contributed by atoms with Crippen molar-refractivity contribution in [1.82, 2.24) is 34.6 Å². The van der Waals surface area contributed by atoms with E-state index in [2.05, 4.69) is 37.0 Å². The molecule has 14 heteroatoms. The Bertz CT molecular complexity index is 1630. The minimum absolute atomic E-state index is 0.102. The van der Waals surface area contributed by atoms with E-state index >= 15 is 4.57 Å². The molecule has 48 heavy (non-hydrogen) atoms. The Morgan fingerprint density at radius 2 is 1.42 bits per heavy atom. The molecule has 2 heterocycles. The number of hydrogen-bond donors (Lipinski definition) is 3. The van der Waals surface area contributed by atoms with Crippen molar-refractivity contribution in [3.63, 3.8) is 0 Å². The fraction of sp³-hybridized carbons (Fsp3) is 0.441. The van der Waals surface area contributed by atoms with E-state index in [9.17, 15) is 14.4 Å². The van der Waals surface area contributed by atoms with Crippen LogP contribution in [0.3, 0.4) is 0 Å². The summed E-state index contributed by atoms with van der Waals surface area (Å²) in [5.41, 5.74) is 2.19. The highest BCUT2D eigenvalue weighted by Gasteiger charge is 2.35. The Labute approximate surface area is 280 Å². The maximum absolute atomic E-state index is 15.1. The lowest BCUT2D eigenvalue weighted by Crippen LogP contribution is -2.47. The zero-order valence-corrected chi connectivity index (χ0v) is 28.7. The van der Waals surface area contributed by atoms with E-state index in [1.54, 1.807) is 20.2 Å². The summed E-state index contributed by atoms with van der Waals surface area (Å²) >= 11 is 0. The van der Waals surface area contributed by atoms with Crippen molar-refractivity contribution in [2.75, 3.05) is 39.0 Å². The number of H-pyrrole nitrogens is 1. The first-order chi connectivity index (χ1) is 23.2. The molecule has 0 saturated carbocycles. The lowest BCUT2D eigenvalue weighted by Gasteiger charge is -2.31. The molecule has 258 valence electrons.